The van der Waals surface area contributed by atoms with Gasteiger partial charge in [-0.2, -0.15) is 0 Å². The Morgan fingerprint density at radius 2 is 1.04 bits per heavy atom. The first kappa shape index (κ1) is 51.2. The molecule has 0 rings (SSSR count). The fourth-order valence-electron chi connectivity index (χ4n) is 5.09. The van der Waals surface area contributed by atoms with E-state index in [1.54, 1.807) is 0 Å². The van der Waals surface area contributed by atoms with Crippen molar-refractivity contribution in [2.75, 3.05) is 19.8 Å². The molecule has 0 fully saturated rings. The Morgan fingerprint density at radius 1 is 0.593 bits per heavy atom. The number of phosphoric acid groups is 1. The minimum atomic E-state index is -4.72. The molecule has 0 saturated carbocycles. The molecule has 0 aromatic rings. The second-order valence-electron chi connectivity index (χ2n) is 13.4. The third kappa shape index (κ3) is 36.2. The molecule has 54 heavy (non-hydrogen) atoms. The summed E-state index contributed by atoms with van der Waals surface area (Å²) in [5.41, 5.74) is 5.32. The Morgan fingerprint density at radius 3 is 1.56 bits per heavy atom. The predicted octanol–water partition coefficient (Wildman–Crippen LogP) is 10.4. The lowest BCUT2D eigenvalue weighted by Gasteiger charge is -2.20. The summed E-state index contributed by atoms with van der Waals surface area (Å²) in [6, 6.07) is -1.53. The van der Waals surface area contributed by atoms with Crippen molar-refractivity contribution in [1.82, 2.24) is 0 Å². The first-order valence-corrected chi connectivity index (χ1v) is 21.8. The molecule has 0 aliphatic heterocycles. The molecule has 1 unspecified atom stereocenters. The topological polar surface area (TPSA) is 172 Å². The van der Waals surface area contributed by atoms with E-state index >= 15 is 0 Å². The van der Waals surface area contributed by atoms with Crippen molar-refractivity contribution in [3.63, 3.8) is 0 Å². The molecule has 0 amide bonds. The molecule has 0 heterocycles. The average molecular weight is 782 g/mol. The molecule has 0 aliphatic carbocycles. The molecule has 0 spiro atoms. The number of unbranched alkanes of at least 4 members (excludes halogenated alkanes) is 13. The maximum atomic E-state index is 12.6. The number of carbonyl (C=O) groups excluding carboxylic acids is 2. The van der Waals surface area contributed by atoms with Gasteiger partial charge < -0.3 is 25.2 Å². The molecular formula is C42H72NO10P. The van der Waals surface area contributed by atoms with E-state index in [-0.39, 0.29) is 19.4 Å². The fraction of sp³-hybridized carbons (Fsp3) is 0.690. The zero-order valence-corrected chi connectivity index (χ0v) is 34.2. The number of carbonyl (C=O) groups is 3. The highest BCUT2D eigenvalue weighted by molar-refractivity contribution is 7.47. The van der Waals surface area contributed by atoms with Crippen LogP contribution in [-0.2, 0) is 37.5 Å². The van der Waals surface area contributed by atoms with Crippen molar-refractivity contribution in [3.8, 4) is 0 Å². The van der Waals surface area contributed by atoms with Crippen LogP contribution in [0.25, 0.3) is 0 Å². The number of nitrogens with two attached hydrogens (primary N) is 1. The summed E-state index contributed by atoms with van der Waals surface area (Å²) in [6.07, 6.45) is 41.5. The van der Waals surface area contributed by atoms with Gasteiger partial charge in [0, 0.05) is 12.8 Å². The SMILES string of the molecule is CC/C=C/C/C=C/C/C=C/C/C=C/C/C=C/CCCCCC(=O)O[C@@H](COC(=O)CCCCCCCCCCCCC)COP(=O)(O)OC[C@H](N)C(=O)O. The molecule has 4 N–H and O–H groups in total. The van der Waals surface area contributed by atoms with Crippen LogP contribution in [0.2, 0.25) is 0 Å². The maximum Gasteiger partial charge on any atom is 0.472 e. The van der Waals surface area contributed by atoms with Crippen LogP contribution in [0.4, 0.5) is 0 Å². The Labute approximate surface area is 326 Å². The van der Waals surface area contributed by atoms with Crippen LogP contribution in [-0.4, -0.2) is 59.9 Å². The molecular weight excluding hydrogens is 709 g/mol. The van der Waals surface area contributed by atoms with E-state index in [0.717, 1.165) is 70.6 Å². The molecule has 0 bridgehead atoms. The first-order chi connectivity index (χ1) is 26.1. The van der Waals surface area contributed by atoms with E-state index in [4.69, 9.17) is 24.8 Å². The molecule has 11 nitrogen and oxygen atoms in total. The largest absolute Gasteiger partial charge is 0.480 e. The smallest absolute Gasteiger partial charge is 0.472 e. The molecule has 12 heteroatoms. The van der Waals surface area contributed by atoms with Crippen LogP contribution >= 0.6 is 7.82 Å². The second kappa shape index (κ2) is 37.1. The van der Waals surface area contributed by atoms with Gasteiger partial charge in [0.2, 0.25) is 0 Å². The number of hydrogen-bond donors (Lipinski definition) is 3. The van der Waals surface area contributed by atoms with Crippen molar-refractivity contribution in [2.24, 2.45) is 5.73 Å². The van der Waals surface area contributed by atoms with Crippen molar-refractivity contribution >= 4 is 25.7 Å². The van der Waals surface area contributed by atoms with Crippen LogP contribution in [0.1, 0.15) is 155 Å². The van der Waals surface area contributed by atoms with Crippen LogP contribution < -0.4 is 5.73 Å². The highest BCUT2D eigenvalue weighted by atomic mass is 31.2. The summed E-state index contributed by atoms with van der Waals surface area (Å²) in [4.78, 5) is 45.8. The number of allylic oxidation sites excluding steroid dienone is 10. The van der Waals surface area contributed by atoms with E-state index in [1.165, 1.54) is 44.9 Å². The summed E-state index contributed by atoms with van der Waals surface area (Å²) in [7, 11) is -4.72. The summed E-state index contributed by atoms with van der Waals surface area (Å²) in [5.74, 6) is -2.43. The van der Waals surface area contributed by atoms with Crippen molar-refractivity contribution in [1.29, 1.82) is 0 Å². The predicted molar refractivity (Wildman–Crippen MR) is 217 cm³/mol. The molecule has 3 atom stereocenters. The number of ether oxygens (including phenoxy) is 2. The average Bonchev–Trinajstić information content (AvgIpc) is 3.14. The van der Waals surface area contributed by atoms with Crippen LogP contribution in [0.3, 0.4) is 0 Å². The summed E-state index contributed by atoms with van der Waals surface area (Å²) in [5, 5.41) is 8.87. The number of carboxylic acids is 1. The molecule has 0 aromatic heterocycles. The molecule has 310 valence electrons. The van der Waals surface area contributed by atoms with Gasteiger partial charge in [0.25, 0.3) is 0 Å². The summed E-state index contributed by atoms with van der Waals surface area (Å²) < 4.78 is 32.6. The van der Waals surface area contributed by atoms with Crippen LogP contribution in [0.15, 0.2) is 60.8 Å². The van der Waals surface area contributed by atoms with Gasteiger partial charge >= 0.3 is 25.7 Å². The highest BCUT2D eigenvalue weighted by Crippen LogP contribution is 2.43. The van der Waals surface area contributed by atoms with Gasteiger partial charge in [-0.1, -0.05) is 145 Å². The molecule has 0 aliphatic rings. The minimum absolute atomic E-state index is 0.121. The van der Waals surface area contributed by atoms with E-state index in [2.05, 4.69) is 79.1 Å². The Hall–Kier alpha value is -2.82. The zero-order chi connectivity index (χ0) is 40.0. The van der Waals surface area contributed by atoms with Gasteiger partial charge in [0.05, 0.1) is 13.2 Å². The van der Waals surface area contributed by atoms with E-state index in [9.17, 15) is 23.8 Å². The van der Waals surface area contributed by atoms with E-state index in [0.29, 0.717) is 12.8 Å². The lowest BCUT2D eigenvalue weighted by atomic mass is 10.1. The number of rotatable bonds is 37. The number of carboxylic acid groups (broad SMARTS) is 1. The Kier molecular flexibility index (Phi) is 35.2. The van der Waals surface area contributed by atoms with Crippen molar-refractivity contribution < 1.29 is 47.5 Å². The molecule has 0 radical (unpaired) electrons. The lowest BCUT2D eigenvalue weighted by Crippen LogP contribution is -2.34. The number of aliphatic carboxylic acids is 1. The van der Waals surface area contributed by atoms with Crippen LogP contribution in [0.5, 0.6) is 0 Å². The van der Waals surface area contributed by atoms with Crippen molar-refractivity contribution in [3.05, 3.63) is 60.8 Å². The standard InChI is InChI=1S/C42H72NO10P/c1-3-5-7-9-11-13-15-16-17-18-19-20-21-22-24-26-28-30-32-34-41(45)53-38(36-51-54(48,49)52-37-39(43)42(46)47)35-50-40(44)33-31-29-27-25-23-14-12-10-8-6-4-2/h5,7,11,13,16-17,19-20,22,24,38-39H,3-4,6,8-10,12,14-15,18,21,23,25-37,43H2,1-2H3,(H,46,47)(H,48,49)/b7-5+,13-11+,17-16+,20-19+,24-22+/t38-,39-/m0/s1. The third-order valence-electron chi connectivity index (χ3n) is 8.28. The summed E-state index contributed by atoms with van der Waals surface area (Å²) in [6.45, 7) is 2.63. The third-order valence-corrected chi connectivity index (χ3v) is 9.23. The monoisotopic (exact) mass is 781 g/mol. The second-order valence-corrected chi connectivity index (χ2v) is 14.8. The zero-order valence-electron chi connectivity index (χ0n) is 33.3. The van der Waals surface area contributed by atoms with Crippen molar-refractivity contribution in [2.45, 2.75) is 167 Å². The number of phosphoric ester groups is 1. The number of esters is 2. The summed E-state index contributed by atoms with van der Waals surface area (Å²) >= 11 is 0. The van der Waals surface area contributed by atoms with E-state index < -0.39 is 51.1 Å². The highest BCUT2D eigenvalue weighted by Gasteiger charge is 2.28. The van der Waals surface area contributed by atoms with Gasteiger partial charge in [-0.25, -0.2) is 4.57 Å². The molecule has 0 aromatic carbocycles. The van der Waals surface area contributed by atoms with E-state index in [1.807, 2.05) is 0 Å². The lowest BCUT2D eigenvalue weighted by molar-refractivity contribution is -0.161. The molecule has 0 saturated heterocycles. The Balaban J connectivity index is 4.47. The van der Waals surface area contributed by atoms with Gasteiger partial charge in [0.1, 0.15) is 12.6 Å². The quantitative estimate of drug-likeness (QED) is 0.0237. The normalized spacial score (nSPS) is 14.4. The Bertz CT molecular complexity index is 1150. The first-order valence-electron chi connectivity index (χ1n) is 20.3. The van der Waals surface area contributed by atoms with Gasteiger partial charge in [-0.05, 0) is 57.8 Å². The van der Waals surface area contributed by atoms with Crippen LogP contribution in [0, 0.1) is 0 Å². The van der Waals surface area contributed by atoms with Gasteiger partial charge in [-0.3, -0.25) is 23.4 Å². The van der Waals surface area contributed by atoms with Gasteiger partial charge in [0.15, 0.2) is 6.10 Å². The minimum Gasteiger partial charge on any atom is -0.480 e. The fourth-order valence-corrected chi connectivity index (χ4v) is 5.87. The number of hydrogen-bond acceptors (Lipinski definition) is 9. The maximum absolute atomic E-state index is 12.6. The van der Waals surface area contributed by atoms with Gasteiger partial charge in [-0.15, -0.1) is 0 Å².